The van der Waals surface area contributed by atoms with Crippen molar-refractivity contribution in [2.45, 2.75) is 44.9 Å². The Hall–Kier alpha value is -2.91. The lowest BCUT2D eigenvalue weighted by Gasteiger charge is -2.38. The van der Waals surface area contributed by atoms with Crippen molar-refractivity contribution in [1.82, 2.24) is 4.90 Å². The van der Waals surface area contributed by atoms with Crippen LogP contribution < -0.4 is 0 Å². The van der Waals surface area contributed by atoms with E-state index < -0.39 is 42.6 Å². The van der Waals surface area contributed by atoms with Gasteiger partial charge in [0.2, 0.25) is 5.82 Å². The molecule has 2 amide bonds. The zero-order valence-corrected chi connectivity index (χ0v) is 19.1. The van der Waals surface area contributed by atoms with E-state index in [0.717, 1.165) is 17.0 Å². The molecular weight excluding hydrogens is 419 g/mol. The summed E-state index contributed by atoms with van der Waals surface area (Å²) >= 11 is 0. The predicted molar refractivity (Wildman–Crippen MR) is 116 cm³/mol. The van der Waals surface area contributed by atoms with Gasteiger partial charge in [-0.15, -0.1) is 0 Å². The van der Waals surface area contributed by atoms with Crippen LogP contribution in [-0.4, -0.2) is 36.6 Å². The normalized spacial score (nSPS) is 15.2. The van der Waals surface area contributed by atoms with Crippen LogP contribution in [0.1, 0.15) is 53.1 Å². The summed E-state index contributed by atoms with van der Waals surface area (Å²) in [5, 5.41) is 10.9. The van der Waals surface area contributed by atoms with Crippen molar-refractivity contribution in [3.8, 4) is 0 Å². The third-order valence-electron chi connectivity index (χ3n) is 6.10. The van der Waals surface area contributed by atoms with Crippen LogP contribution in [0.25, 0.3) is 0 Å². The first-order chi connectivity index (χ1) is 14.3. The molecule has 7 nitrogen and oxygen atoms in total. The molecule has 1 aliphatic heterocycles. The minimum atomic E-state index is -2.27. The molecule has 2 aromatic rings. The summed E-state index contributed by atoms with van der Waals surface area (Å²) in [5.74, 6) is -2.03. The maximum absolute atomic E-state index is 14.4. The van der Waals surface area contributed by atoms with Gasteiger partial charge in [-0.1, -0.05) is 32.9 Å². The van der Waals surface area contributed by atoms with E-state index >= 15 is 0 Å². The molecule has 0 saturated heterocycles. The lowest BCUT2D eigenvalue weighted by molar-refractivity contribution is -0.387. The topological polar surface area (TPSA) is 89.8 Å². The lowest BCUT2D eigenvalue weighted by atomic mass is 10.1. The van der Waals surface area contributed by atoms with E-state index in [2.05, 4.69) is 20.8 Å². The molecule has 9 heteroatoms. The van der Waals surface area contributed by atoms with Crippen molar-refractivity contribution < 1.29 is 23.3 Å². The van der Waals surface area contributed by atoms with E-state index in [4.69, 9.17) is 4.43 Å². The highest BCUT2D eigenvalue weighted by Crippen LogP contribution is 2.39. The Labute approximate surface area is 181 Å². The number of rotatable bonds is 6. The molecule has 2 aromatic carbocycles. The van der Waals surface area contributed by atoms with Gasteiger partial charge in [0.1, 0.15) is 0 Å². The molecule has 1 heterocycles. The molecule has 3 rings (SSSR count). The van der Waals surface area contributed by atoms with Crippen molar-refractivity contribution in [2.75, 3.05) is 6.61 Å². The van der Waals surface area contributed by atoms with Gasteiger partial charge in [-0.25, -0.2) is 0 Å². The highest BCUT2D eigenvalue weighted by Gasteiger charge is 2.43. The van der Waals surface area contributed by atoms with Crippen molar-refractivity contribution in [3.63, 3.8) is 0 Å². The number of carbonyl (C=O) groups is 2. The van der Waals surface area contributed by atoms with Crippen LogP contribution in [0.5, 0.6) is 0 Å². The smallest absolute Gasteiger partial charge is 0.304 e. The molecule has 164 valence electrons. The second kappa shape index (κ2) is 7.97. The fourth-order valence-corrected chi connectivity index (χ4v) is 4.20. The Morgan fingerprint density at radius 2 is 1.65 bits per heavy atom. The molecule has 0 fully saturated rings. The number of hydrogen-bond acceptors (Lipinski definition) is 5. The Balaban J connectivity index is 2.04. The highest BCUT2D eigenvalue weighted by molar-refractivity contribution is 6.74. The van der Waals surface area contributed by atoms with Gasteiger partial charge in [-0.3, -0.25) is 24.6 Å². The summed E-state index contributed by atoms with van der Waals surface area (Å²) in [6, 6.07) is 8.96. The second-order valence-electron chi connectivity index (χ2n) is 9.08. The van der Waals surface area contributed by atoms with E-state index in [9.17, 15) is 24.1 Å². The predicted octanol–water partition coefficient (Wildman–Crippen LogP) is 5.09. The SMILES string of the molecule is CC(C)(C)[Si](C)(C)OC[C@@H](c1ccc([N+](=O)[O-])c(F)c1)N1C(=O)c2ccccc2C1=O. The number of benzene rings is 2. The number of hydrogen-bond donors (Lipinski definition) is 0. The standard InChI is InChI=1S/C22H25FN2O5Si/c1-22(2,3)31(4,5)30-13-19(14-10-11-18(25(28)29)17(23)12-14)24-20(26)15-8-6-7-9-16(15)21(24)27/h6-12,19H,13H2,1-5H3/t19-/m0/s1. The minimum Gasteiger partial charge on any atom is -0.414 e. The molecule has 0 bridgehead atoms. The number of imide groups is 1. The third-order valence-corrected chi connectivity index (χ3v) is 10.6. The van der Waals surface area contributed by atoms with Crippen LogP contribution in [0.4, 0.5) is 10.1 Å². The van der Waals surface area contributed by atoms with E-state index in [-0.39, 0.29) is 28.3 Å². The zero-order valence-electron chi connectivity index (χ0n) is 18.1. The summed E-state index contributed by atoms with van der Waals surface area (Å²) in [7, 11) is -2.27. The van der Waals surface area contributed by atoms with Gasteiger partial charge >= 0.3 is 5.69 Å². The summed E-state index contributed by atoms with van der Waals surface area (Å²) in [5.41, 5.74) is 0.130. The van der Waals surface area contributed by atoms with Crippen LogP contribution in [0, 0.1) is 15.9 Å². The van der Waals surface area contributed by atoms with Crippen molar-refractivity contribution in [3.05, 3.63) is 75.1 Å². The minimum absolute atomic E-state index is 0.0286. The molecular formula is C22H25FN2O5Si. The Kier molecular flexibility index (Phi) is 5.85. The third kappa shape index (κ3) is 4.15. The van der Waals surface area contributed by atoms with Crippen LogP contribution in [0.2, 0.25) is 18.1 Å². The first kappa shape index (κ1) is 22.8. The largest absolute Gasteiger partial charge is 0.414 e. The summed E-state index contributed by atoms with van der Waals surface area (Å²) in [6.45, 7) is 10.2. The zero-order chi connectivity index (χ0) is 23.1. The quantitative estimate of drug-likeness (QED) is 0.268. The molecule has 1 atom stereocenters. The van der Waals surface area contributed by atoms with E-state index in [0.29, 0.717) is 0 Å². The number of halogens is 1. The van der Waals surface area contributed by atoms with Gasteiger partial charge in [-0.2, -0.15) is 4.39 Å². The average Bonchev–Trinajstić information content (AvgIpc) is 2.92. The van der Waals surface area contributed by atoms with Crippen molar-refractivity contribution in [1.29, 1.82) is 0 Å². The lowest BCUT2D eigenvalue weighted by Crippen LogP contribution is -2.44. The molecule has 0 spiro atoms. The number of amides is 2. The number of nitro benzene ring substituents is 1. The molecule has 0 aliphatic carbocycles. The van der Waals surface area contributed by atoms with Gasteiger partial charge in [-0.05, 0) is 48.0 Å². The van der Waals surface area contributed by atoms with E-state index in [1.165, 1.54) is 6.07 Å². The Bertz CT molecular complexity index is 1030. The van der Waals surface area contributed by atoms with Gasteiger partial charge in [0, 0.05) is 6.07 Å². The second-order valence-corrected chi connectivity index (χ2v) is 13.9. The fraction of sp³-hybridized carbons (Fsp3) is 0.364. The van der Waals surface area contributed by atoms with Gasteiger partial charge in [0.05, 0.1) is 28.7 Å². The maximum Gasteiger partial charge on any atom is 0.304 e. The average molecular weight is 445 g/mol. The van der Waals surface area contributed by atoms with Gasteiger partial charge in [0.25, 0.3) is 11.8 Å². The van der Waals surface area contributed by atoms with Crippen LogP contribution >= 0.6 is 0 Å². The van der Waals surface area contributed by atoms with Crippen LogP contribution in [0.3, 0.4) is 0 Å². The summed E-state index contributed by atoms with van der Waals surface area (Å²) in [6.07, 6.45) is 0. The van der Waals surface area contributed by atoms with E-state index in [1.54, 1.807) is 24.3 Å². The monoisotopic (exact) mass is 444 g/mol. The Morgan fingerprint density at radius 3 is 2.10 bits per heavy atom. The fourth-order valence-electron chi connectivity index (χ4n) is 3.19. The molecule has 0 N–H and O–H groups in total. The number of nitrogens with zero attached hydrogens (tertiary/aromatic N) is 2. The number of nitro groups is 1. The van der Waals surface area contributed by atoms with Gasteiger partial charge < -0.3 is 4.43 Å². The molecule has 0 radical (unpaired) electrons. The molecule has 0 aromatic heterocycles. The van der Waals surface area contributed by atoms with Crippen LogP contribution in [0.15, 0.2) is 42.5 Å². The van der Waals surface area contributed by atoms with Crippen molar-refractivity contribution >= 4 is 25.8 Å². The van der Waals surface area contributed by atoms with Gasteiger partial charge in [0.15, 0.2) is 8.32 Å². The first-order valence-corrected chi connectivity index (χ1v) is 12.8. The number of carbonyl (C=O) groups excluding carboxylic acids is 2. The Morgan fingerprint density at radius 1 is 1.10 bits per heavy atom. The number of fused-ring (bicyclic) bond motifs is 1. The molecule has 0 unspecified atom stereocenters. The molecule has 0 saturated carbocycles. The van der Waals surface area contributed by atoms with Crippen molar-refractivity contribution in [2.24, 2.45) is 0 Å². The maximum atomic E-state index is 14.4. The summed E-state index contributed by atoms with van der Waals surface area (Å²) in [4.78, 5) is 37.4. The first-order valence-electron chi connectivity index (χ1n) is 9.90. The molecule has 1 aliphatic rings. The molecule has 31 heavy (non-hydrogen) atoms. The summed E-state index contributed by atoms with van der Waals surface area (Å²) < 4.78 is 20.7. The van der Waals surface area contributed by atoms with Crippen LogP contribution in [-0.2, 0) is 4.43 Å². The highest BCUT2D eigenvalue weighted by atomic mass is 28.4. The van der Waals surface area contributed by atoms with E-state index in [1.807, 2.05) is 13.1 Å².